The number of carbonyl (C=O) groups is 1. The Kier molecular flexibility index (Phi) is 6.08. The van der Waals surface area contributed by atoms with Crippen molar-refractivity contribution in [2.45, 2.75) is 55.1 Å². The van der Waals surface area contributed by atoms with Gasteiger partial charge in [-0.1, -0.05) is 30.5 Å². The van der Waals surface area contributed by atoms with Crippen LogP contribution in [0.4, 0.5) is 0 Å². The molecule has 4 nitrogen and oxygen atoms in total. The van der Waals surface area contributed by atoms with Crippen LogP contribution in [0.3, 0.4) is 0 Å². The maximum absolute atomic E-state index is 12.9. The van der Waals surface area contributed by atoms with Gasteiger partial charge in [0.1, 0.15) is 0 Å². The van der Waals surface area contributed by atoms with E-state index < -0.39 is 5.41 Å². The van der Waals surface area contributed by atoms with Crippen molar-refractivity contribution in [1.29, 1.82) is 0 Å². The van der Waals surface area contributed by atoms with Crippen LogP contribution in [0.15, 0.2) is 29.2 Å². The SMILES string of the molecule is Cc1ccc(SC2(CNC(=O)C3(CN)CCOCC3)CCCC2)cc1. The number of nitrogens with one attached hydrogen (secondary N) is 1. The molecule has 138 valence electrons. The molecule has 2 fully saturated rings. The molecule has 1 aliphatic heterocycles. The molecule has 1 aromatic rings. The molecule has 1 heterocycles. The van der Waals surface area contributed by atoms with Crippen LogP contribution in [0.25, 0.3) is 0 Å². The van der Waals surface area contributed by atoms with Crippen molar-refractivity contribution < 1.29 is 9.53 Å². The van der Waals surface area contributed by atoms with Crippen LogP contribution in [-0.2, 0) is 9.53 Å². The van der Waals surface area contributed by atoms with E-state index in [2.05, 4.69) is 36.5 Å². The molecule has 3 rings (SSSR count). The summed E-state index contributed by atoms with van der Waals surface area (Å²) in [4.78, 5) is 14.2. The molecule has 25 heavy (non-hydrogen) atoms. The van der Waals surface area contributed by atoms with Crippen LogP contribution >= 0.6 is 11.8 Å². The maximum atomic E-state index is 12.9. The minimum Gasteiger partial charge on any atom is -0.381 e. The van der Waals surface area contributed by atoms with Gasteiger partial charge in [0.15, 0.2) is 0 Å². The Morgan fingerprint density at radius 3 is 2.40 bits per heavy atom. The van der Waals surface area contributed by atoms with Crippen molar-refractivity contribution in [1.82, 2.24) is 5.32 Å². The van der Waals surface area contributed by atoms with Gasteiger partial charge in [0.25, 0.3) is 0 Å². The zero-order valence-corrected chi connectivity index (χ0v) is 16.0. The molecular weight excluding hydrogens is 332 g/mol. The van der Waals surface area contributed by atoms with E-state index in [4.69, 9.17) is 10.5 Å². The van der Waals surface area contributed by atoms with Gasteiger partial charge >= 0.3 is 0 Å². The lowest BCUT2D eigenvalue weighted by molar-refractivity contribution is -0.136. The third kappa shape index (κ3) is 4.39. The minimum absolute atomic E-state index is 0.117. The lowest BCUT2D eigenvalue weighted by Gasteiger charge is -2.36. The zero-order chi connectivity index (χ0) is 17.8. The van der Waals surface area contributed by atoms with Crippen molar-refractivity contribution in [2.24, 2.45) is 11.1 Å². The molecule has 1 amide bonds. The van der Waals surface area contributed by atoms with Crippen molar-refractivity contribution in [3.8, 4) is 0 Å². The smallest absolute Gasteiger partial charge is 0.227 e. The summed E-state index contributed by atoms with van der Waals surface area (Å²) < 4.78 is 5.54. The highest BCUT2D eigenvalue weighted by Crippen LogP contribution is 2.45. The number of aryl methyl sites for hydroxylation is 1. The molecule has 1 saturated heterocycles. The molecule has 0 aromatic heterocycles. The normalized spacial score (nSPS) is 21.8. The van der Waals surface area contributed by atoms with Crippen LogP contribution in [0.5, 0.6) is 0 Å². The molecular formula is C20H30N2O2S. The predicted octanol–water partition coefficient (Wildman–Crippen LogP) is 3.27. The number of carbonyl (C=O) groups excluding carboxylic acids is 1. The minimum atomic E-state index is -0.438. The quantitative estimate of drug-likeness (QED) is 0.815. The molecule has 3 N–H and O–H groups in total. The number of hydrogen-bond acceptors (Lipinski definition) is 4. The second-order valence-electron chi connectivity index (χ2n) is 7.58. The molecule has 0 atom stereocenters. The Morgan fingerprint density at radius 2 is 1.80 bits per heavy atom. The number of nitrogens with two attached hydrogens (primary N) is 1. The Bertz CT molecular complexity index is 576. The largest absolute Gasteiger partial charge is 0.381 e. The Balaban J connectivity index is 1.65. The highest BCUT2D eigenvalue weighted by Gasteiger charge is 2.41. The number of hydrogen-bond donors (Lipinski definition) is 2. The number of amides is 1. The fourth-order valence-corrected chi connectivity index (χ4v) is 5.31. The van der Waals surface area contributed by atoms with Crippen molar-refractivity contribution in [2.75, 3.05) is 26.3 Å². The highest BCUT2D eigenvalue weighted by atomic mass is 32.2. The Hall–Kier alpha value is -1.04. The van der Waals surface area contributed by atoms with Gasteiger partial charge in [-0.15, -0.1) is 11.8 Å². The average molecular weight is 363 g/mol. The summed E-state index contributed by atoms with van der Waals surface area (Å²) in [5.74, 6) is 0.120. The summed E-state index contributed by atoms with van der Waals surface area (Å²) in [5.41, 5.74) is 6.81. The maximum Gasteiger partial charge on any atom is 0.227 e. The summed E-state index contributed by atoms with van der Waals surface area (Å²) in [6.45, 7) is 4.51. The lowest BCUT2D eigenvalue weighted by Crippen LogP contribution is -2.51. The molecule has 0 radical (unpaired) electrons. The molecule has 5 heteroatoms. The molecule has 1 aromatic carbocycles. The van der Waals surface area contributed by atoms with Crippen LogP contribution in [0.1, 0.15) is 44.1 Å². The van der Waals surface area contributed by atoms with Crippen LogP contribution < -0.4 is 11.1 Å². The van der Waals surface area contributed by atoms with Gasteiger partial charge < -0.3 is 15.8 Å². The fourth-order valence-electron chi connectivity index (χ4n) is 3.91. The van der Waals surface area contributed by atoms with E-state index in [1.807, 2.05) is 11.8 Å². The second kappa shape index (κ2) is 8.11. The van der Waals surface area contributed by atoms with Gasteiger partial charge in [0, 0.05) is 35.9 Å². The summed E-state index contributed by atoms with van der Waals surface area (Å²) >= 11 is 1.93. The van der Waals surface area contributed by atoms with Crippen molar-refractivity contribution >= 4 is 17.7 Å². The Morgan fingerprint density at radius 1 is 1.16 bits per heavy atom. The van der Waals surface area contributed by atoms with Gasteiger partial charge in [0.05, 0.1) is 5.41 Å². The van der Waals surface area contributed by atoms with Gasteiger partial charge in [-0.25, -0.2) is 0 Å². The lowest BCUT2D eigenvalue weighted by atomic mass is 9.79. The van der Waals surface area contributed by atoms with E-state index in [1.165, 1.54) is 23.3 Å². The molecule has 0 spiro atoms. The topological polar surface area (TPSA) is 64.4 Å². The van der Waals surface area contributed by atoms with Crippen LogP contribution in [-0.4, -0.2) is 37.0 Å². The first-order valence-corrected chi connectivity index (χ1v) is 10.2. The highest BCUT2D eigenvalue weighted by molar-refractivity contribution is 8.00. The van der Waals surface area contributed by atoms with E-state index in [1.54, 1.807) is 0 Å². The molecule has 2 aliphatic rings. The predicted molar refractivity (Wildman–Crippen MR) is 103 cm³/mol. The van der Waals surface area contributed by atoms with Crippen molar-refractivity contribution in [3.63, 3.8) is 0 Å². The van der Waals surface area contributed by atoms with E-state index in [9.17, 15) is 4.79 Å². The van der Waals surface area contributed by atoms with Gasteiger partial charge in [-0.05, 0) is 44.7 Å². The zero-order valence-electron chi connectivity index (χ0n) is 15.2. The average Bonchev–Trinajstić information content (AvgIpc) is 3.11. The molecule has 1 saturated carbocycles. The first-order chi connectivity index (χ1) is 12.1. The van der Waals surface area contributed by atoms with Crippen LogP contribution in [0, 0.1) is 12.3 Å². The van der Waals surface area contributed by atoms with Gasteiger partial charge in [0.2, 0.25) is 5.91 Å². The molecule has 0 bridgehead atoms. The number of rotatable bonds is 6. The summed E-state index contributed by atoms with van der Waals surface area (Å²) in [6, 6.07) is 8.72. The Labute approximate surface area is 155 Å². The van der Waals surface area contributed by atoms with Crippen LogP contribution in [0.2, 0.25) is 0 Å². The molecule has 1 aliphatic carbocycles. The summed E-state index contributed by atoms with van der Waals surface area (Å²) in [6.07, 6.45) is 6.26. The second-order valence-corrected chi connectivity index (χ2v) is 9.13. The summed E-state index contributed by atoms with van der Waals surface area (Å²) in [7, 11) is 0. The third-order valence-corrected chi connectivity index (χ3v) is 7.26. The first kappa shape index (κ1) is 18.7. The monoisotopic (exact) mass is 362 g/mol. The number of ether oxygens (including phenoxy) is 1. The fraction of sp³-hybridized carbons (Fsp3) is 0.650. The first-order valence-electron chi connectivity index (χ1n) is 9.39. The van der Waals surface area contributed by atoms with E-state index in [-0.39, 0.29) is 10.7 Å². The standard InChI is InChI=1S/C20H30N2O2S/c1-16-4-6-17(7-5-16)25-20(8-2-3-9-20)15-22-18(23)19(14-21)10-12-24-13-11-19/h4-7H,2-3,8-15,21H2,1H3,(H,22,23). The van der Waals surface area contributed by atoms with Gasteiger partial charge in [-0.3, -0.25) is 4.79 Å². The number of thioether (sulfide) groups is 1. The number of benzene rings is 1. The van der Waals surface area contributed by atoms with E-state index >= 15 is 0 Å². The molecule has 0 unspecified atom stereocenters. The van der Waals surface area contributed by atoms with E-state index in [0.29, 0.717) is 19.8 Å². The van der Waals surface area contributed by atoms with E-state index in [0.717, 1.165) is 32.2 Å². The van der Waals surface area contributed by atoms with Gasteiger partial charge in [-0.2, -0.15) is 0 Å². The van der Waals surface area contributed by atoms with Crippen molar-refractivity contribution in [3.05, 3.63) is 29.8 Å². The summed E-state index contributed by atoms with van der Waals surface area (Å²) in [5, 5.41) is 3.26. The third-order valence-electron chi connectivity index (χ3n) is 5.76.